The van der Waals surface area contributed by atoms with Crippen LogP contribution in [0.4, 0.5) is 5.82 Å². The molecular weight excluding hydrogens is 285 g/mol. The van der Waals surface area contributed by atoms with Gasteiger partial charge in [-0.05, 0) is 6.07 Å². The topological polar surface area (TPSA) is 37.4 Å². The maximum atomic E-state index is 6.24. The molecule has 1 aliphatic heterocycles. The van der Waals surface area contributed by atoms with Gasteiger partial charge in [0.25, 0.3) is 0 Å². The van der Waals surface area contributed by atoms with Gasteiger partial charge in [-0.1, -0.05) is 37.0 Å². The van der Waals surface area contributed by atoms with Crippen LogP contribution >= 0.6 is 23.2 Å². The Hall–Kier alpha value is -0.550. The number of anilines is 1. The number of rotatable bonds is 4. The van der Waals surface area contributed by atoms with Crippen LogP contribution in [0.5, 0.6) is 0 Å². The van der Waals surface area contributed by atoms with Crippen LogP contribution in [0.1, 0.15) is 13.8 Å². The number of nitrogens with one attached hydrogen (secondary N) is 1. The van der Waals surface area contributed by atoms with Crippen LogP contribution < -0.4 is 10.2 Å². The molecule has 2 heterocycles. The highest BCUT2D eigenvalue weighted by atomic mass is 35.5. The predicted octanol–water partition coefficient (Wildman–Crippen LogP) is 2.59. The quantitative estimate of drug-likeness (QED) is 0.928. The monoisotopic (exact) mass is 303 g/mol. The van der Waals surface area contributed by atoms with Gasteiger partial charge in [-0.25, -0.2) is 4.98 Å². The third-order valence-electron chi connectivity index (χ3n) is 3.05. The van der Waals surface area contributed by atoms with E-state index in [9.17, 15) is 0 Å². The molecule has 1 fully saturated rings. The molecule has 106 valence electrons. The van der Waals surface area contributed by atoms with Crippen LogP contribution in [0, 0.1) is 0 Å². The minimum absolute atomic E-state index is 0.238. The van der Waals surface area contributed by atoms with E-state index in [1.165, 1.54) is 0 Å². The van der Waals surface area contributed by atoms with Crippen molar-refractivity contribution in [2.24, 2.45) is 0 Å². The first-order valence-corrected chi connectivity index (χ1v) is 7.22. The van der Waals surface area contributed by atoms with Crippen LogP contribution in [-0.4, -0.2) is 43.4 Å². The van der Waals surface area contributed by atoms with E-state index in [4.69, 9.17) is 27.9 Å². The minimum Gasteiger partial charge on any atom is -0.377 e. The lowest BCUT2D eigenvalue weighted by atomic mass is 10.2. The van der Waals surface area contributed by atoms with Gasteiger partial charge < -0.3 is 15.0 Å². The molecular formula is C13H19Cl2N3O. The number of pyridine rings is 1. The van der Waals surface area contributed by atoms with Gasteiger partial charge in [0.2, 0.25) is 0 Å². The molecule has 1 aromatic heterocycles. The molecule has 0 spiro atoms. The summed E-state index contributed by atoms with van der Waals surface area (Å²) in [6, 6.07) is 2.41. The molecule has 4 nitrogen and oxygen atoms in total. The van der Waals surface area contributed by atoms with Gasteiger partial charge >= 0.3 is 0 Å². The largest absolute Gasteiger partial charge is 0.377 e. The summed E-state index contributed by atoms with van der Waals surface area (Å²) in [5.41, 5.74) is 0. The van der Waals surface area contributed by atoms with E-state index >= 15 is 0 Å². The zero-order valence-corrected chi connectivity index (χ0v) is 12.7. The Morgan fingerprint density at radius 1 is 1.53 bits per heavy atom. The average Bonchev–Trinajstić information content (AvgIpc) is 2.37. The molecule has 2 rings (SSSR count). The van der Waals surface area contributed by atoms with E-state index in [1.54, 1.807) is 12.3 Å². The van der Waals surface area contributed by atoms with Crippen molar-refractivity contribution in [1.82, 2.24) is 10.3 Å². The second-order valence-corrected chi connectivity index (χ2v) is 5.79. The fraction of sp³-hybridized carbons (Fsp3) is 0.615. The van der Waals surface area contributed by atoms with E-state index < -0.39 is 0 Å². The third-order valence-corrected chi connectivity index (χ3v) is 3.53. The Kier molecular flexibility index (Phi) is 5.28. The molecule has 0 radical (unpaired) electrons. The van der Waals surface area contributed by atoms with Crippen LogP contribution in [-0.2, 0) is 4.74 Å². The van der Waals surface area contributed by atoms with Crippen molar-refractivity contribution in [1.29, 1.82) is 0 Å². The van der Waals surface area contributed by atoms with Crippen LogP contribution in [0.25, 0.3) is 0 Å². The van der Waals surface area contributed by atoms with Gasteiger partial charge in [-0.15, -0.1) is 0 Å². The van der Waals surface area contributed by atoms with Gasteiger partial charge in [0.05, 0.1) is 29.3 Å². The predicted molar refractivity (Wildman–Crippen MR) is 79.3 cm³/mol. The van der Waals surface area contributed by atoms with E-state index in [0.29, 0.717) is 29.3 Å². The highest BCUT2D eigenvalue weighted by Crippen LogP contribution is 2.28. The summed E-state index contributed by atoms with van der Waals surface area (Å²) in [4.78, 5) is 6.55. The maximum Gasteiger partial charge on any atom is 0.147 e. The number of nitrogens with zero attached hydrogens (tertiary/aromatic N) is 2. The third kappa shape index (κ3) is 3.96. The summed E-state index contributed by atoms with van der Waals surface area (Å²) in [7, 11) is 0. The number of morpholine rings is 1. The van der Waals surface area contributed by atoms with E-state index in [-0.39, 0.29) is 6.04 Å². The van der Waals surface area contributed by atoms with Crippen molar-refractivity contribution in [2.45, 2.75) is 25.9 Å². The molecule has 0 amide bonds. The van der Waals surface area contributed by atoms with Crippen LogP contribution in [0.2, 0.25) is 10.0 Å². The molecule has 1 unspecified atom stereocenters. The van der Waals surface area contributed by atoms with Gasteiger partial charge in [0.15, 0.2) is 0 Å². The van der Waals surface area contributed by atoms with Crippen molar-refractivity contribution < 1.29 is 4.74 Å². The van der Waals surface area contributed by atoms with Crippen molar-refractivity contribution in [2.75, 3.05) is 31.2 Å². The number of hydrogen-bond donors (Lipinski definition) is 1. The molecule has 0 aromatic carbocycles. The van der Waals surface area contributed by atoms with E-state index in [0.717, 1.165) is 18.9 Å². The van der Waals surface area contributed by atoms with Crippen LogP contribution in [0.3, 0.4) is 0 Å². The Labute approximate surface area is 124 Å². The first-order chi connectivity index (χ1) is 9.08. The van der Waals surface area contributed by atoms with Crippen LogP contribution in [0.15, 0.2) is 12.3 Å². The van der Waals surface area contributed by atoms with Gasteiger partial charge in [-0.2, -0.15) is 0 Å². The maximum absolute atomic E-state index is 6.24. The average molecular weight is 304 g/mol. The second-order valence-electron chi connectivity index (χ2n) is 4.94. The zero-order chi connectivity index (χ0) is 13.8. The molecule has 0 bridgehead atoms. The highest BCUT2D eigenvalue weighted by molar-refractivity contribution is 6.36. The summed E-state index contributed by atoms with van der Waals surface area (Å²) in [5.74, 6) is 0.782. The molecule has 1 N–H and O–H groups in total. The SMILES string of the molecule is CC(C)NCC1COCCN1c1ncc(Cl)cc1Cl. The second kappa shape index (κ2) is 6.75. The fourth-order valence-electron chi connectivity index (χ4n) is 2.09. The summed E-state index contributed by atoms with van der Waals surface area (Å²) in [6.45, 7) is 7.26. The Bertz CT molecular complexity index is 428. The van der Waals surface area contributed by atoms with E-state index in [2.05, 4.69) is 29.0 Å². The number of ether oxygens (including phenoxy) is 1. The lowest BCUT2D eigenvalue weighted by Crippen LogP contribution is -2.51. The lowest BCUT2D eigenvalue weighted by Gasteiger charge is -2.37. The van der Waals surface area contributed by atoms with Gasteiger partial charge in [0, 0.05) is 25.3 Å². The number of halogens is 2. The summed E-state index contributed by atoms with van der Waals surface area (Å²) < 4.78 is 5.55. The molecule has 1 aromatic rings. The van der Waals surface area contributed by atoms with E-state index in [1.807, 2.05) is 0 Å². The summed E-state index contributed by atoms with van der Waals surface area (Å²) >= 11 is 12.1. The Balaban J connectivity index is 2.14. The normalized spacial score (nSPS) is 20.1. The smallest absolute Gasteiger partial charge is 0.147 e. The molecule has 1 saturated heterocycles. The van der Waals surface area contributed by atoms with Crippen molar-refractivity contribution >= 4 is 29.0 Å². The fourth-order valence-corrected chi connectivity index (χ4v) is 2.58. The molecule has 19 heavy (non-hydrogen) atoms. The van der Waals surface area contributed by atoms with Crippen molar-refractivity contribution in [3.05, 3.63) is 22.3 Å². The standard InChI is InChI=1S/C13H19Cl2N3O/c1-9(2)16-7-11-8-19-4-3-18(11)13-12(15)5-10(14)6-17-13/h5-6,9,11,16H,3-4,7-8H2,1-2H3. The highest BCUT2D eigenvalue weighted by Gasteiger charge is 2.25. The summed E-state index contributed by atoms with van der Waals surface area (Å²) in [6.07, 6.45) is 1.63. The molecule has 6 heteroatoms. The minimum atomic E-state index is 0.238. The first-order valence-electron chi connectivity index (χ1n) is 6.46. The van der Waals surface area contributed by atoms with Crippen molar-refractivity contribution in [3.63, 3.8) is 0 Å². The zero-order valence-electron chi connectivity index (χ0n) is 11.2. The number of aromatic nitrogens is 1. The van der Waals surface area contributed by atoms with Crippen molar-refractivity contribution in [3.8, 4) is 0 Å². The first kappa shape index (κ1) is 14.9. The molecule has 0 aliphatic carbocycles. The molecule has 1 aliphatic rings. The number of hydrogen-bond acceptors (Lipinski definition) is 4. The van der Waals surface area contributed by atoms with Gasteiger partial charge in [0.1, 0.15) is 5.82 Å². The Morgan fingerprint density at radius 3 is 3.00 bits per heavy atom. The van der Waals surface area contributed by atoms with Gasteiger partial charge in [-0.3, -0.25) is 0 Å². The Morgan fingerprint density at radius 2 is 2.32 bits per heavy atom. The lowest BCUT2D eigenvalue weighted by molar-refractivity contribution is 0.0928. The molecule has 1 atom stereocenters. The summed E-state index contributed by atoms with van der Waals surface area (Å²) in [5, 5.41) is 4.57. The molecule has 0 saturated carbocycles.